The summed E-state index contributed by atoms with van der Waals surface area (Å²) in [5.74, 6) is 0.607. The smallest absolute Gasteiger partial charge is 0.224 e. The van der Waals surface area contributed by atoms with Gasteiger partial charge in [0.2, 0.25) is 5.95 Å². The molecule has 3 N–H and O–H groups in total. The van der Waals surface area contributed by atoms with Gasteiger partial charge in [-0.25, -0.2) is 15.0 Å². The summed E-state index contributed by atoms with van der Waals surface area (Å²) in [7, 11) is 0. The zero-order valence-electron chi connectivity index (χ0n) is 14.6. The Kier molecular flexibility index (Phi) is 5.23. The number of H-pyrrole nitrogens is 1. The molecule has 0 bridgehead atoms. The van der Waals surface area contributed by atoms with Gasteiger partial charge in [-0.2, -0.15) is 10.1 Å². The Morgan fingerprint density at radius 2 is 2.12 bits per heavy atom. The van der Waals surface area contributed by atoms with E-state index in [0.29, 0.717) is 16.8 Å². The summed E-state index contributed by atoms with van der Waals surface area (Å²) in [6.45, 7) is 6.08. The SMILES string of the molecule is CSc1nccc(-c2n[nH]c3nc(NCCN4CCNCC4)ncc23)n1. The maximum absolute atomic E-state index is 4.53. The summed E-state index contributed by atoms with van der Waals surface area (Å²) in [6.07, 6.45) is 5.47. The highest BCUT2D eigenvalue weighted by molar-refractivity contribution is 7.98. The molecule has 10 heteroatoms. The highest BCUT2D eigenvalue weighted by Crippen LogP contribution is 2.24. The third-order valence-corrected chi connectivity index (χ3v) is 4.86. The summed E-state index contributed by atoms with van der Waals surface area (Å²) in [5.41, 5.74) is 2.20. The number of fused-ring (bicyclic) bond motifs is 1. The number of aromatic nitrogens is 6. The first-order valence-corrected chi connectivity index (χ1v) is 9.81. The summed E-state index contributed by atoms with van der Waals surface area (Å²) in [6, 6.07) is 1.84. The van der Waals surface area contributed by atoms with E-state index < -0.39 is 0 Å². The van der Waals surface area contributed by atoms with Crippen molar-refractivity contribution >= 4 is 28.7 Å². The van der Waals surface area contributed by atoms with Crippen LogP contribution >= 0.6 is 11.8 Å². The van der Waals surface area contributed by atoms with Gasteiger partial charge in [-0.05, 0) is 12.3 Å². The number of anilines is 1. The van der Waals surface area contributed by atoms with Gasteiger partial charge in [0, 0.05) is 51.7 Å². The van der Waals surface area contributed by atoms with Gasteiger partial charge in [0.05, 0.1) is 11.1 Å². The molecule has 1 aliphatic rings. The van der Waals surface area contributed by atoms with Gasteiger partial charge in [0.25, 0.3) is 0 Å². The van der Waals surface area contributed by atoms with Crippen molar-refractivity contribution in [2.75, 3.05) is 50.8 Å². The lowest BCUT2D eigenvalue weighted by molar-refractivity contribution is 0.249. The Morgan fingerprint density at radius 1 is 1.23 bits per heavy atom. The van der Waals surface area contributed by atoms with Crippen LogP contribution in [0, 0.1) is 0 Å². The monoisotopic (exact) mass is 371 g/mol. The predicted octanol–water partition coefficient (Wildman–Crippen LogP) is 0.849. The first-order valence-electron chi connectivity index (χ1n) is 8.59. The van der Waals surface area contributed by atoms with Gasteiger partial charge < -0.3 is 10.6 Å². The van der Waals surface area contributed by atoms with E-state index in [-0.39, 0.29) is 0 Å². The lowest BCUT2D eigenvalue weighted by Gasteiger charge is -2.27. The second kappa shape index (κ2) is 7.94. The molecule has 0 aliphatic carbocycles. The highest BCUT2D eigenvalue weighted by Gasteiger charge is 2.13. The molecular formula is C16H21N9S. The molecule has 0 saturated carbocycles. The van der Waals surface area contributed by atoms with Crippen molar-refractivity contribution in [3.8, 4) is 11.4 Å². The number of rotatable bonds is 6. The molecule has 3 aromatic rings. The average Bonchev–Trinajstić information content (AvgIpc) is 3.12. The van der Waals surface area contributed by atoms with Crippen LogP contribution < -0.4 is 10.6 Å². The van der Waals surface area contributed by atoms with Gasteiger partial charge in [0.1, 0.15) is 5.69 Å². The van der Waals surface area contributed by atoms with Crippen LogP contribution in [0.1, 0.15) is 0 Å². The summed E-state index contributed by atoms with van der Waals surface area (Å²) in [4.78, 5) is 20.1. The molecule has 1 fully saturated rings. The van der Waals surface area contributed by atoms with Crippen LogP contribution in [0.15, 0.2) is 23.6 Å². The van der Waals surface area contributed by atoms with Gasteiger partial charge >= 0.3 is 0 Å². The number of hydrogen-bond donors (Lipinski definition) is 3. The molecule has 4 rings (SSSR count). The minimum absolute atomic E-state index is 0.607. The molecule has 136 valence electrons. The van der Waals surface area contributed by atoms with Crippen molar-refractivity contribution in [2.45, 2.75) is 5.16 Å². The molecule has 4 heterocycles. The van der Waals surface area contributed by atoms with Crippen LogP contribution in [0.3, 0.4) is 0 Å². The number of nitrogens with zero attached hydrogens (tertiary/aromatic N) is 6. The Balaban J connectivity index is 1.46. The van der Waals surface area contributed by atoms with Crippen molar-refractivity contribution in [2.24, 2.45) is 0 Å². The zero-order valence-corrected chi connectivity index (χ0v) is 15.4. The minimum Gasteiger partial charge on any atom is -0.353 e. The van der Waals surface area contributed by atoms with Gasteiger partial charge in [-0.1, -0.05) is 11.8 Å². The fourth-order valence-corrected chi connectivity index (χ4v) is 3.28. The molecule has 0 radical (unpaired) electrons. The van der Waals surface area contributed by atoms with Crippen molar-refractivity contribution < 1.29 is 0 Å². The maximum Gasteiger partial charge on any atom is 0.224 e. The van der Waals surface area contributed by atoms with Crippen molar-refractivity contribution in [3.63, 3.8) is 0 Å². The van der Waals surface area contributed by atoms with Crippen molar-refractivity contribution in [1.82, 2.24) is 40.3 Å². The largest absolute Gasteiger partial charge is 0.353 e. The second-order valence-corrected chi connectivity index (χ2v) is 6.75. The van der Waals surface area contributed by atoms with Crippen LogP contribution in [0.5, 0.6) is 0 Å². The fourth-order valence-electron chi connectivity index (χ4n) is 2.92. The van der Waals surface area contributed by atoms with Crippen molar-refractivity contribution in [3.05, 3.63) is 18.5 Å². The summed E-state index contributed by atoms with van der Waals surface area (Å²) in [5, 5.41) is 15.6. The second-order valence-electron chi connectivity index (χ2n) is 5.98. The van der Waals surface area contributed by atoms with Gasteiger partial charge in [0.15, 0.2) is 10.8 Å². The number of thioether (sulfide) groups is 1. The number of aromatic amines is 1. The molecule has 9 nitrogen and oxygen atoms in total. The van der Waals surface area contributed by atoms with Gasteiger partial charge in [-0.15, -0.1) is 0 Å². The van der Waals surface area contributed by atoms with E-state index in [9.17, 15) is 0 Å². The van der Waals surface area contributed by atoms with E-state index in [1.807, 2.05) is 12.3 Å². The maximum atomic E-state index is 4.53. The first kappa shape index (κ1) is 17.1. The van der Waals surface area contributed by atoms with Crippen molar-refractivity contribution in [1.29, 1.82) is 0 Å². The van der Waals surface area contributed by atoms with E-state index in [1.165, 1.54) is 11.8 Å². The lowest BCUT2D eigenvalue weighted by Crippen LogP contribution is -2.45. The third kappa shape index (κ3) is 3.76. The quantitative estimate of drug-likeness (QED) is 0.429. The minimum atomic E-state index is 0.607. The highest BCUT2D eigenvalue weighted by atomic mass is 32.2. The lowest BCUT2D eigenvalue weighted by atomic mass is 10.2. The van der Waals surface area contributed by atoms with E-state index in [4.69, 9.17) is 0 Å². The van der Waals surface area contributed by atoms with Crippen LogP contribution in [0.25, 0.3) is 22.4 Å². The molecule has 0 unspecified atom stereocenters. The number of nitrogens with one attached hydrogen (secondary N) is 3. The number of hydrogen-bond acceptors (Lipinski definition) is 9. The molecule has 0 spiro atoms. The molecular weight excluding hydrogens is 350 g/mol. The van der Waals surface area contributed by atoms with E-state index in [1.54, 1.807) is 12.4 Å². The van der Waals surface area contributed by atoms with Crippen LogP contribution in [0.2, 0.25) is 0 Å². The van der Waals surface area contributed by atoms with E-state index >= 15 is 0 Å². The molecule has 1 aliphatic heterocycles. The fraction of sp³-hybridized carbons (Fsp3) is 0.438. The third-order valence-electron chi connectivity index (χ3n) is 4.30. The van der Waals surface area contributed by atoms with E-state index in [2.05, 4.69) is 45.7 Å². The summed E-state index contributed by atoms with van der Waals surface area (Å²) >= 11 is 1.50. The van der Waals surface area contributed by atoms with Gasteiger partial charge in [-0.3, -0.25) is 10.00 Å². The molecule has 0 aromatic carbocycles. The Bertz CT molecular complexity index is 875. The standard InChI is InChI=1S/C16H21N9S/c1-26-16-19-3-2-12(21-16)13-11-10-20-15(22-14(11)24-23-13)18-6-9-25-7-4-17-5-8-25/h2-3,10,17H,4-9H2,1H3,(H2,18,20,22,23,24). The number of piperazine rings is 1. The van der Waals surface area contributed by atoms with E-state index in [0.717, 1.165) is 56.0 Å². The molecule has 1 saturated heterocycles. The Morgan fingerprint density at radius 3 is 2.96 bits per heavy atom. The van der Waals surface area contributed by atoms with Crippen LogP contribution in [-0.4, -0.2) is 80.6 Å². The molecule has 0 atom stereocenters. The van der Waals surface area contributed by atoms with Crippen LogP contribution in [-0.2, 0) is 0 Å². The predicted molar refractivity (Wildman–Crippen MR) is 102 cm³/mol. The Hall–Kier alpha value is -2.30. The Labute approximate surface area is 155 Å². The summed E-state index contributed by atoms with van der Waals surface area (Å²) < 4.78 is 0. The molecule has 0 amide bonds. The van der Waals surface area contributed by atoms with Crippen LogP contribution in [0.4, 0.5) is 5.95 Å². The average molecular weight is 371 g/mol. The zero-order chi connectivity index (χ0) is 17.8. The normalized spacial score (nSPS) is 15.4. The molecule has 26 heavy (non-hydrogen) atoms. The molecule has 3 aromatic heterocycles. The first-order chi connectivity index (χ1) is 12.8. The topological polar surface area (TPSA) is 108 Å².